The van der Waals surface area contributed by atoms with Crippen LogP contribution >= 0.6 is 0 Å². The van der Waals surface area contributed by atoms with Gasteiger partial charge in [-0.2, -0.15) is 0 Å². The Morgan fingerprint density at radius 3 is 1.07 bits per heavy atom. The monoisotopic (exact) mass is 426 g/mol. The van der Waals surface area contributed by atoms with Crippen LogP contribution in [0.1, 0.15) is 107 Å². The highest BCUT2D eigenvalue weighted by molar-refractivity contribution is 5.75. The molecule has 0 aliphatic rings. The van der Waals surface area contributed by atoms with Crippen LogP contribution in [0.25, 0.3) is 0 Å². The van der Waals surface area contributed by atoms with E-state index in [1.165, 1.54) is 0 Å². The lowest BCUT2D eigenvalue weighted by molar-refractivity contribution is 0.149. The molecule has 2 N–H and O–H groups in total. The second kappa shape index (κ2) is 16.3. The summed E-state index contributed by atoms with van der Waals surface area (Å²) in [5.74, 6) is 0. The second-order valence-corrected chi connectivity index (χ2v) is 8.72. The summed E-state index contributed by atoms with van der Waals surface area (Å²) in [6, 6.07) is 1.15. The first kappa shape index (κ1) is 28.5. The lowest BCUT2D eigenvalue weighted by Crippen LogP contribution is -2.49. The Balaban J connectivity index is 4.11. The van der Waals surface area contributed by atoms with Crippen LogP contribution in [-0.4, -0.2) is 59.1 Å². The zero-order valence-corrected chi connectivity index (χ0v) is 21.1. The molecule has 178 valence electrons. The summed E-state index contributed by atoms with van der Waals surface area (Å²) in [6.45, 7) is 18.4. The topological polar surface area (TPSA) is 64.7 Å². The van der Waals surface area contributed by atoms with Crippen LogP contribution in [0.2, 0.25) is 0 Å². The van der Waals surface area contributed by atoms with Gasteiger partial charge in [0.05, 0.1) is 0 Å². The molecule has 4 atom stereocenters. The van der Waals surface area contributed by atoms with Crippen molar-refractivity contribution >= 4 is 12.1 Å². The van der Waals surface area contributed by atoms with Crippen molar-refractivity contribution in [1.82, 2.24) is 20.4 Å². The normalized spacial score (nSPS) is 15.1. The number of hydrogen-bond donors (Lipinski definition) is 2. The predicted octanol–water partition coefficient (Wildman–Crippen LogP) is 5.76. The Morgan fingerprint density at radius 2 is 0.833 bits per heavy atom. The summed E-state index contributed by atoms with van der Waals surface area (Å²) >= 11 is 0. The van der Waals surface area contributed by atoms with Gasteiger partial charge in [-0.05, 0) is 66.2 Å². The van der Waals surface area contributed by atoms with E-state index in [1.54, 1.807) is 0 Å². The average molecular weight is 427 g/mol. The van der Waals surface area contributed by atoms with Crippen LogP contribution < -0.4 is 10.6 Å². The molecular formula is C24H50N4O2. The van der Waals surface area contributed by atoms with Crippen LogP contribution in [0.3, 0.4) is 0 Å². The molecule has 0 fully saturated rings. The molecule has 0 bridgehead atoms. The minimum atomic E-state index is 0.0566. The summed E-state index contributed by atoms with van der Waals surface area (Å²) in [7, 11) is 0. The molecule has 0 aromatic heterocycles. The van der Waals surface area contributed by atoms with Gasteiger partial charge in [0, 0.05) is 37.3 Å². The van der Waals surface area contributed by atoms with Crippen LogP contribution in [0.15, 0.2) is 0 Å². The van der Waals surface area contributed by atoms with Gasteiger partial charge in [0.15, 0.2) is 0 Å². The summed E-state index contributed by atoms with van der Waals surface area (Å²) in [5, 5.41) is 6.17. The van der Waals surface area contributed by atoms with Crippen molar-refractivity contribution in [2.75, 3.05) is 13.1 Å². The Hall–Kier alpha value is -1.46. The Labute approximate surface area is 186 Å². The maximum Gasteiger partial charge on any atom is 0.317 e. The number of amides is 4. The van der Waals surface area contributed by atoms with Crippen molar-refractivity contribution < 1.29 is 9.59 Å². The lowest BCUT2D eigenvalue weighted by Gasteiger charge is -2.34. The van der Waals surface area contributed by atoms with E-state index in [0.717, 1.165) is 51.4 Å². The Morgan fingerprint density at radius 1 is 0.567 bits per heavy atom. The quantitative estimate of drug-likeness (QED) is 0.327. The largest absolute Gasteiger partial charge is 0.338 e. The molecule has 30 heavy (non-hydrogen) atoms. The molecule has 6 nitrogen and oxygen atoms in total. The van der Waals surface area contributed by atoms with E-state index in [9.17, 15) is 9.59 Å². The number of unbranched alkanes of at least 4 members (excludes halogenated alkanes) is 3. The fourth-order valence-electron chi connectivity index (χ4n) is 3.63. The molecule has 6 heteroatoms. The minimum Gasteiger partial charge on any atom is -0.338 e. The number of nitrogens with one attached hydrogen (secondary N) is 2. The predicted molar refractivity (Wildman–Crippen MR) is 128 cm³/mol. The van der Waals surface area contributed by atoms with E-state index in [0.29, 0.717) is 13.1 Å². The molecule has 0 aliphatic heterocycles. The van der Waals surface area contributed by atoms with Crippen molar-refractivity contribution in [3.8, 4) is 0 Å². The SMILES string of the molecule is CC[C@@H](C)N(C(=O)NCCCCCCNC(=O)N([C@H](C)CC)[C@@H](C)CC)[C@H](C)CC. The van der Waals surface area contributed by atoms with E-state index < -0.39 is 0 Å². The van der Waals surface area contributed by atoms with Gasteiger partial charge in [0.2, 0.25) is 0 Å². The van der Waals surface area contributed by atoms with Crippen molar-refractivity contribution in [2.24, 2.45) is 0 Å². The molecule has 0 rings (SSSR count). The zero-order valence-electron chi connectivity index (χ0n) is 21.1. The third kappa shape index (κ3) is 10.0. The molecule has 0 heterocycles. The van der Waals surface area contributed by atoms with Gasteiger partial charge in [0.1, 0.15) is 0 Å². The maximum absolute atomic E-state index is 12.5. The maximum atomic E-state index is 12.5. The van der Waals surface area contributed by atoms with Crippen LogP contribution in [0.5, 0.6) is 0 Å². The van der Waals surface area contributed by atoms with Gasteiger partial charge >= 0.3 is 12.1 Å². The van der Waals surface area contributed by atoms with Crippen LogP contribution in [0.4, 0.5) is 9.59 Å². The van der Waals surface area contributed by atoms with E-state index in [-0.39, 0.29) is 36.2 Å². The average Bonchev–Trinajstić information content (AvgIpc) is 2.74. The van der Waals surface area contributed by atoms with Crippen molar-refractivity contribution in [2.45, 2.75) is 131 Å². The Kier molecular flexibility index (Phi) is 15.5. The third-order valence-corrected chi connectivity index (χ3v) is 6.39. The lowest BCUT2D eigenvalue weighted by atomic mass is 10.1. The molecule has 0 saturated heterocycles. The summed E-state index contributed by atoms with van der Waals surface area (Å²) < 4.78 is 0. The summed E-state index contributed by atoms with van der Waals surface area (Å²) in [6.07, 6.45) is 7.93. The van der Waals surface area contributed by atoms with Gasteiger partial charge in [0.25, 0.3) is 0 Å². The number of nitrogens with zero attached hydrogens (tertiary/aromatic N) is 2. The van der Waals surface area contributed by atoms with Crippen LogP contribution in [-0.2, 0) is 0 Å². The zero-order chi connectivity index (χ0) is 23.1. The summed E-state index contributed by atoms with van der Waals surface area (Å²) in [5.41, 5.74) is 0. The molecule has 0 aromatic rings. The van der Waals surface area contributed by atoms with Gasteiger partial charge in [-0.25, -0.2) is 9.59 Å². The van der Waals surface area contributed by atoms with Crippen molar-refractivity contribution in [1.29, 1.82) is 0 Å². The molecule has 4 amide bonds. The van der Waals surface area contributed by atoms with Gasteiger partial charge < -0.3 is 20.4 Å². The standard InChI is InChI=1S/C24H50N4O2/c1-9-19(5)27(20(6)10-2)23(29)25-17-15-13-14-16-18-26-24(30)28(21(7)11-3)22(8)12-4/h19-22H,9-18H2,1-8H3,(H,25,29)(H,26,30)/t19-,20-,21-,22+/m1/s1. The number of carbonyl (C=O) groups is 2. The number of carbonyl (C=O) groups excluding carboxylic acids is 2. The first-order chi connectivity index (χ1) is 14.2. The van der Waals surface area contributed by atoms with Crippen molar-refractivity contribution in [3.05, 3.63) is 0 Å². The van der Waals surface area contributed by atoms with E-state index >= 15 is 0 Å². The molecular weight excluding hydrogens is 376 g/mol. The number of hydrogen-bond acceptors (Lipinski definition) is 2. The summed E-state index contributed by atoms with van der Waals surface area (Å²) in [4.78, 5) is 29.0. The van der Waals surface area contributed by atoms with Crippen LogP contribution in [0, 0.1) is 0 Å². The Bertz CT molecular complexity index is 410. The fourth-order valence-corrected chi connectivity index (χ4v) is 3.63. The second-order valence-electron chi connectivity index (χ2n) is 8.72. The molecule has 0 aromatic carbocycles. The molecule has 0 saturated carbocycles. The van der Waals surface area contributed by atoms with E-state index in [1.807, 2.05) is 9.80 Å². The number of rotatable bonds is 15. The van der Waals surface area contributed by atoms with Crippen molar-refractivity contribution in [3.63, 3.8) is 0 Å². The minimum absolute atomic E-state index is 0.0566. The van der Waals surface area contributed by atoms with Gasteiger partial charge in [-0.1, -0.05) is 40.5 Å². The third-order valence-electron chi connectivity index (χ3n) is 6.39. The smallest absolute Gasteiger partial charge is 0.317 e. The molecule has 0 spiro atoms. The first-order valence-corrected chi connectivity index (χ1v) is 12.4. The van der Waals surface area contributed by atoms with E-state index in [4.69, 9.17) is 0 Å². The molecule has 0 unspecified atom stereocenters. The highest BCUT2D eigenvalue weighted by Gasteiger charge is 2.24. The highest BCUT2D eigenvalue weighted by atomic mass is 16.2. The molecule has 0 aliphatic carbocycles. The first-order valence-electron chi connectivity index (χ1n) is 12.4. The highest BCUT2D eigenvalue weighted by Crippen LogP contribution is 2.13. The van der Waals surface area contributed by atoms with E-state index in [2.05, 4.69) is 66.0 Å². The van der Waals surface area contributed by atoms with Gasteiger partial charge in [-0.15, -0.1) is 0 Å². The number of urea groups is 2. The molecule has 0 radical (unpaired) electrons. The fraction of sp³-hybridized carbons (Fsp3) is 0.917. The van der Waals surface area contributed by atoms with Gasteiger partial charge in [-0.3, -0.25) is 0 Å².